The SMILES string of the molecule is CCOC(C)Oc1ccc(C(=O)OCC(O)COC(=O)C(C)(C)CC)cc1. The van der Waals surface area contributed by atoms with E-state index in [4.69, 9.17) is 18.9 Å². The van der Waals surface area contributed by atoms with Crippen molar-refractivity contribution >= 4 is 11.9 Å². The highest BCUT2D eigenvalue weighted by atomic mass is 16.7. The van der Waals surface area contributed by atoms with Gasteiger partial charge in [0.05, 0.1) is 11.0 Å². The van der Waals surface area contributed by atoms with E-state index >= 15 is 0 Å². The van der Waals surface area contributed by atoms with Crippen molar-refractivity contribution in [2.75, 3.05) is 19.8 Å². The predicted octanol–water partition coefficient (Wildman–Crippen LogP) is 2.95. The normalized spacial score (nSPS) is 13.6. The number of benzene rings is 1. The Bertz CT molecular complexity index is 595. The summed E-state index contributed by atoms with van der Waals surface area (Å²) in [5.41, 5.74) is -0.289. The lowest BCUT2D eigenvalue weighted by atomic mass is 9.91. The molecule has 0 bridgehead atoms. The standard InChI is InChI=1S/C20H30O7/c1-6-20(4,5)19(23)26-13-16(21)12-25-18(22)15-8-10-17(11-9-15)27-14(3)24-7-2/h8-11,14,16,21H,6-7,12-13H2,1-5H3. The van der Waals surface area contributed by atoms with Gasteiger partial charge in [-0.1, -0.05) is 6.92 Å². The summed E-state index contributed by atoms with van der Waals surface area (Å²) in [5.74, 6) is -0.413. The van der Waals surface area contributed by atoms with E-state index in [2.05, 4.69) is 0 Å². The number of hydrogen-bond donors (Lipinski definition) is 1. The van der Waals surface area contributed by atoms with E-state index in [1.165, 1.54) is 0 Å². The molecule has 1 N–H and O–H groups in total. The van der Waals surface area contributed by atoms with Gasteiger partial charge in [0.25, 0.3) is 0 Å². The minimum Gasteiger partial charge on any atom is -0.465 e. The average molecular weight is 382 g/mol. The summed E-state index contributed by atoms with van der Waals surface area (Å²) in [6.45, 7) is 9.12. The van der Waals surface area contributed by atoms with Gasteiger partial charge in [-0.25, -0.2) is 4.79 Å². The fraction of sp³-hybridized carbons (Fsp3) is 0.600. The molecule has 0 spiro atoms. The Morgan fingerprint density at radius 1 is 1.07 bits per heavy atom. The maximum Gasteiger partial charge on any atom is 0.338 e. The molecular formula is C20H30O7. The Morgan fingerprint density at radius 2 is 1.67 bits per heavy atom. The number of aliphatic hydroxyl groups is 1. The first-order valence-corrected chi connectivity index (χ1v) is 9.10. The van der Waals surface area contributed by atoms with Crippen LogP contribution in [0.2, 0.25) is 0 Å². The average Bonchev–Trinajstić information content (AvgIpc) is 2.64. The van der Waals surface area contributed by atoms with Crippen molar-refractivity contribution in [3.8, 4) is 5.75 Å². The van der Waals surface area contributed by atoms with Crippen molar-refractivity contribution in [2.24, 2.45) is 5.41 Å². The van der Waals surface area contributed by atoms with Gasteiger partial charge in [-0.15, -0.1) is 0 Å². The van der Waals surface area contributed by atoms with E-state index in [1.54, 1.807) is 45.0 Å². The van der Waals surface area contributed by atoms with Gasteiger partial charge < -0.3 is 24.1 Å². The highest BCUT2D eigenvalue weighted by molar-refractivity contribution is 5.89. The number of ether oxygens (including phenoxy) is 4. The topological polar surface area (TPSA) is 91.3 Å². The molecule has 0 saturated heterocycles. The summed E-state index contributed by atoms with van der Waals surface area (Å²) in [4.78, 5) is 23.9. The quantitative estimate of drug-likeness (QED) is 0.465. The summed E-state index contributed by atoms with van der Waals surface area (Å²) in [7, 11) is 0. The minimum absolute atomic E-state index is 0.225. The molecule has 0 amide bonds. The molecule has 2 atom stereocenters. The molecular weight excluding hydrogens is 352 g/mol. The Morgan fingerprint density at radius 3 is 2.22 bits per heavy atom. The Labute approximate surface area is 160 Å². The van der Waals surface area contributed by atoms with Crippen LogP contribution in [0.4, 0.5) is 0 Å². The van der Waals surface area contributed by atoms with Crippen LogP contribution >= 0.6 is 0 Å². The number of esters is 2. The maximum absolute atomic E-state index is 12.0. The second kappa shape index (κ2) is 10.9. The molecule has 0 aromatic heterocycles. The third-order valence-corrected chi connectivity index (χ3v) is 4.04. The molecule has 0 aliphatic heterocycles. The number of rotatable bonds is 11. The summed E-state index contributed by atoms with van der Waals surface area (Å²) in [6, 6.07) is 6.40. The predicted molar refractivity (Wildman–Crippen MR) is 99.5 cm³/mol. The van der Waals surface area contributed by atoms with Crippen molar-refractivity contribution in [1.29, 1.82) is 0 Å². The smallest absolute Gasteiger partial charge is 0.338 e. The monoisotopic (exact) mass is 382 g/mol. The molecule has 0 aliphatic carbocycles. The summed E-state index contributed by atoms with van der Waals surface area (Å²) >= 11 is 0. The molecule has 27 heavy (non-hydrogen) atoms. The lowest BCUT2D eigenvalue weighted by Crippen LogP contribution is -2.31. The first kappa shape index (κ1) is 22.9. The fourth-order valence-electron chi connectivity index (χ4n) is 1.94. The second-order valence-electron chi connectivity index (χ2n) is 6.75. The van der Waals surface area contributed by atoms with Gasteiger partial charge >= 0.3 is 11.9 Å². The van der Waals surface area contributed by atoms with E-state index in [-0.39, 0.29) is 19.5 Å². The molecule has 2 unspecified atom stereocenters. The van der Waals surface area contributed by atoms with Gasteiger partial charge in [0.15, 0.2) is 6.29 Å². The number of carbonyl (C=O) groups is 2. The van der Waals surface area contributed by atoms with Gasteiger partial charge in [-0.2, -0.15) is 0 Å². The molecule has 7 nitrogen and oxygen atoms in total. The van der Waals surface area contributed by atoms with Gasteiger partial charge in [-0.05, 0) is 58.4 Å². The molecule has 7 heteroatoms. The number of aliphatic hydroxyl groups excluding tert-OH is 1. The molecule has 1 rings (SSSR count). The van der Waals surface area contributed by atoms with E-state index in [0.29, 0.717) is 24.3 Å². The fourth-order valence-corrected chi connectivity index (χ4v) is 1.94. The maximum atomic E-state index is 12.0. The van der Waals surface area contributed by atoms with E-state index in [1.807, 2.05) is 13.8 Å². The van der Waals surface area contributed by atoms with Crippen LogP contribution < -0.4 is 4.74 Å². The molecule has 1 aromatic carbocycles. The first-order chi connectivity index (χ1) is 12.7. The van der Waals surface area contributed by atoms with Crippen LogP contribution in [-0.4, -0.2) is 49.3 Å². The van der Waals surface area contributed by atoms with Crippen LogP contribution in [-0.2, 0) is 19.0 Å². The molecule has 0 radical (unpaired) electrons. The van der Waals surface area contributed by atoms with E-state index in [9.17, 15) is 14.7 Å². The Balaban J connectivity index is 2.42. The third kappa shape index (κ3) is 7.97. The lowest BCUT2D eigenvalue weighted by molar-refractivity contribution is -0.157. The largest absolute Gasteiger partial charge is 0.465 e. The van der Waals surface area contributed by atoms with Gasteiger partial charge in [0, 0.05) is 6.61 Å². The third-order valence-electron chi connectivity index (χ3n) is 4.04. The summed E-state index contributed by atoms with van der Waals surface area (Å²) in [6.07, 6.45) is -0.844. The summed E-state index contributed by atoms with van der Waals surface area (Å²) < 4.78 is 20.9. The molecule has 0 heterocycles. The molecule has 152 valence electrons. The van der Waals surface area contributed by atoms with Crippen molar-refractivity contribution in [3.05, 3.63) is 29.8 Å². The molecule has 0 aliphatic rings. The van der Waals surface area contributed by atoms with Gasteiger partial charge in [0.1, 0.15) is 25.1 Å². The summed E-state index contributed by atoms with van der Waals surface area (Å²) in [5, 5.41) is 9.84. The minimum atomic E-state index is -1.08. The van der Waals surface area contributed by atoms with Gasteiger partial charge in [0.2, 0.25) is 0 Å². The zero-order valence-corrected chi connectivity index (χ0v) is 16.7. The van der Waals surface area contributed by atoms with Crippen LogP contribution in [0, 0.1) is 5.41 Å². The molecule has 0 fully saturated rings. The first-order valence-electron chi connectivity index (χ1n) is 9.10. The molecule has 0 saturated carbocycles. The van der Waals surface area contributed by atoms with Gasteiger partial charge in [-0.3, -0.25) is 4.79 Å². The van der Waals surface area contributed by atoms with E-state index < -0.39 is 23.5 Å². The highest BCUT2D eigenvalue weighted by Crippen LogP contribution is 2.21. The molecule has 1 aromatic rings. The lowest BCUT2D eigenvalue weighted by Gasteiger charge is -2.21. The van der Waals surface area contributed by atoms with Crippen LogP contribution in [0.5, 0.6) is 5.75 Å². The Kier molecular flexibility index (Phi) is 9.25. The number of carbonyl (C=O) groups excluding carboxylic acids is 2. The van der Waals surface area contributed by atoms with Crippen molar-refractivity contribution in [3.63, 3.8) is 0 Å². The van der Waals surface area contributed by atoms with Crippen LogP contribution in [0.15, 0.2) is 24.3 Å². The second-order valence-corrected chi connectivity index (χ2v) is 6.75. The number of hydrogen-bond acceptors (Lipinski definition) is 7. The van der Waals surface area contributed by atoms with Crippen molar-refractivity contribution in [1.82, 2.24) is 0 Å². The Hall–Kier alpha value is -2.12. The van der Waals surface area contributed by atoms with Crippen molar-refractivity contribution < 1.29 is 33.6 Å². The highest BCUT2D eigenvalue weighted by Gasteiger charge is 2.27. The zero-order chi connectivity index (χ0) is 20.4. The van der Waals surface area contributed by atoms with Crippen molar-refractivity contribution in [2.45, 2.75) is 53.4 Å². The van der Waals surface area contributed by atoms with E-state index in [0.717, 1.165) is 0 Å². The van der Waals surface area contributed by atoms with Crippen LogP contribution in [0.3, 0.4) is 0 Å². The van der Waals surface area contributed by atoms with Crippen LogP contribution in [0.25, 0.3) is 0 Å². The zero-order valence-electron chi connectivity index (χ0n) is 16.7. The van der Waals surface area contributed by atoms with Crippen LogP contribution in [0.1, 0.15) is 51.4 Å².